The molecule has 114 valence electrons. The Hall–Kier alpha value is -2.30. The van der Waals surface area contributed by atoms with Gasteiger partial charge in [0.15, 0.2) is 0 Å². The first-order chi connectivity index (χ1) is 10.6. The van der Waals surface area contributed by atoms with Gasteiger partial charge in [0.1, 0.15) is 5.84 Å². The van der Waals surface area contributed by atoms with Crippen molar-refractivity contribution in [3.63, 3.8) is 0 Å². The van der Waals surface area contributed by atoms with E-state index in [9.17, 15) is 4.79 Å². The summed E-state index contributed by atoms with van der Waals surface area (Å²) >= 11 is 0. The largest absolute Gasteiger partial charge is 0.385 e. The molecule has 0 spiro atoms. The summed E-state index contributed by atoms with van der Waals surface area (Å²) in [5.41, 5.74) is 8.80. The van der Waals surface area contributed by atoms with Crippen molar-refractivity contribution < 1.29 is 4.79 Å². The van der Waals surface area contributed by atoms with Gasteiger partial charge < -0.3 is 10.7 Å². The minimum absolute atomic E-state index is 0.0399. The number of hydrogen-bond donors (Lipinski definition) is 2. The Bertz CT molecular complexity index is 776. The fourth-order valence-electron chi connectivity index (χ4n) is 3.82. The normalized spacial score (nSPS) is 24.4. The Labute approximate surface area is 129 Å². The highest BCUT2D eigenvalue weighted by Gasteiger charge is 2.41. The predicted octanol–water partition coefficient (Wildman–Crippen LogP) is 2.76. The maximum absolute atomic E-state index is 13.0. The highest BCUT2D eigenvalue weighted by Crippen LogP contribution is 2.35. The van der Waals surface area contributed by atoms with Gasteiger partial charge in [0.2, 0.25) is 0 Å². The number of fused-ring (bicyclic) bond motifs is 2. The van der Waals surface area contributed by atoms with Crippen LogP contribution in [0.4, 0.5) is 0 Å². The summed E-state index contributed by atoms with van der Waals surface area (Å²) in [6, 6.07) is 7.93. The van der Waals surface area contributed by atoms with Gasteiger partial charge in [-0.05, 0) is 38.0 Å². The molecule has 1 aliphatic heterocycles. The Morgan fingerprint density at radius 1 is 1.36 bits per heavy atom. The molecule has 2 atom stereocenters. The maximum atomic E-state index is 13.0. The zero-order valence-corrected chi connectivity index (χ0v) is 12.7. The molecule has 5 heteroatoms. The first-order valence-electron chi connectivity index (χ1n) is 7.91. The molecule has 4 rings (SSSR count). The van der Waals surface area contributed by atoms with Crippen molar-refractivity contribution in [2.45, 2.75) is 38.6 Å². The molecule has 2 aliphatic rings. The van der Waals surface area contributed by atoms with E-state index in [1.807, 2.05) is 31.2 Å². The zero-order valence-electron chi connectivity index (χ0n) is 12.7. The number of nitrogens with zero attached hydrogens (tertiary/aromatic N) is 2. The van der Waals surface area contributed by atoms with Gasteiger partial charge in [-0.15, -0.1) is 0 Å². The number of carbonyl (C=O) groups is 1. The highest BCUT2D eigenvalue weighted by molar-refractivity contribution is 6.07. The molecule has 1 amide bonds. The number of hydrazone groups is 1. The third-order valence-electron chi connectivity index (χ3n) is 4.88. The fraction of sp³-hybridized carbons (Fsp3) is 0.412. The third-order valence-corrected chi connectivity index (χ3v) is 4.88. The number of H-pyrrole nitrogens is 1. The molecular formula is C17H20N4O. The number of aromatic amines is 1. The molecule has 5 nitrogen and oxygen atoms in total. The van der Waals surface area contributed by atoms with Gasteiger partial charge in [-0.3, -0.25) is 4.79 Å². The van der Waals surface area contributed by atoms with Crippen LogP contribution in [0.3, 0.4) is 0 Å². The average Bonchev–Trinajstić information content (AvgIpc) is 3.06. The first kappa shape index (κ1) is 13.4. The van der Waals surface area contributed by atoms with Crippen LogP contribution in [-0.2, 0) is 0 Å². The summed E-state index contributed by atoms with van der Waals surface area (Å²) in [4.78, 5) is 16.3. The Morgan fingerprint density at radius 2 is 2.18 bits per heavy atom. The lowest BCUT2D eigenvalue weighted by molar-refractivity contribution is 0.0653. The van der Waals surface area contributed by atoms with Gasteiger partial charge >= 0.3 is 0 Å². The van der Waals surface area contributed by atoms with E-state index < -0.39 is 0 Å². The van der Waals surface area contributed by atoms with E-state index in [0.29, 0.717) is 11.4 Å². The van der Waals surface area contributed by atoms with Crippen LogP contribution in [0, 0.1) is 12.8 Å². The number of amidine groups is 1. The van der Waals surface area contributed by atoms with E-state index in [0.717, 1.165) is 35.9 Å². The highest BCUT2D eigenvalue weighted by atomic mass is 16.2. The van der Waals surface area contributed by atoms with Crippen molar-refractivity contribution in [2.24, 2.45) is 16.8 Å². The van der Waals surface area contributed by atoms with E-state index in [4.69, 9.17) is 5.73 Å². The lowest BCUT2D eigenvalue weighted by Gasteiger charge is -2.29. The van der Waals surface area contributed by atoms with Crippen LogP contribution in [0.5, 0.6) is 0 Å². The molecular weight excluding hydrogens is 276 g/mol. The van der Waals surface area contributed by atoms with Crippen molar-refractivity contribution >= 4 is 22.6 Å². The summed E-state index contributed by atoms with van der Waals surface area (Å²) in [7, 11) is 0. The van der Waals surface area contributed by atoms with Gasteiger partial charge in [-0.1, -0.05) is 18.9 Å². The minimum atomic E-state index is -0.0399. The lowest BCUT2D eigenvalue weighted by Crippen LogP contribution is -2.40. The van der Waals surface area contributed by atoms with Crippen LogP contribution in [0.15, 0.2) is 29.4 Å². The number of amides is 1. The van der Waals surface area contributed by atoms with Crippen LogP contribution >= 0.6 is 0 Å². The van der Waals surface area contributed by atoms with Crippen molar-refractivity contribution in [1.29, 1.82) is 0 Å². The molecule has 0 bridgehead atoms. The topological polar surface area (TPSA) is 74.5 Å². The molecule has 3 N–H and O–H groups in total. The zero-order chi connectivity index (χ0) is 15.3. The van der Waals surface area contributed by atoms with Crippen molar-refractivity contribution in [1.82, 2.24) is 9.99 Å². The molecule has 1 aliphatic carbocycles. The molecule has 1 aromatic carbocycles. The van der Waals surface area contributed by atoms with Crippen LogP contribution in [0.1, 0.15) is 41.7 Å². The van der Waals surface area contributed by atoms with Crippen molar-refractivity contribution in [2.75, 3.05) is 0 Å². The number of rotatable bonds is 1. The molecule has 1 saturated carbocycles. The number of aryl methyl sites for hydroxylation is 1. The van der Waals surface area contributed by atoms with E-state index in [1.54, 1.807) is 5.01 Å². The standard InChI is InChI=1S/C17H20N4O/c1-10-9-13-11(6-4-7-14(13)19-10)17(22)21-15-8-3-2-5-12(15)16(18)20-21/h4,6-7,9,12,15,19H,2-3,5,8H2,1H3,(H2,18,20). The van der Waals surface area contributed by atoms with Gasteiger partial charge in [-0.2, -0.15) is 5.10 Å². The van der Waals surface area contributed by atoms with Gasteiger partial charge in [0.05, 0.1) is 11.6 Å². The number of carbonyl (C=O) groups excluding carboxylic acids is 1. The number of nitrogens with two attached hydrogens (primary N) is 1. The van der Waals surface area contributed by atoms with Crippen LogP contribution in [-0.4, -0.2) is 27.8 Å². The monoisotopic (exact) mass is 296 g/mol. The summed E-state index contributed by atoms with van der Waals surface area (Å²) in [5, 5.41) is 6.98. The first-order valence-corrected chi connectivity index (χ1v) is 7.91. The summed E-state index contributed by atoms with van der Waals surface area (Å²) < 4.78 is 0. The molecule has 0 radical (unpaired) electrons. The SMILES string of the molecule is Cc1cc2c(C(=O)N3N=C(N)C4CCCCC43)cccc2[nH]1. The van der Waals surface area contributed by atoms with Crippen molar-refractivity contribution in [3.8, 4) is 0 Å². The second kappa shape index (κ2) is 4.87. The second-order valence-corrected chi connectivity index (χ2v) is 6.35. The van der Waals surface area contributed by atoms with Gasteiger partial charge in [0.25, 0.3) is 5.91 Å². The number of benzene rings is 1. The third kappa shape index (κ3) is 1.92. The summed E-state index contributed by atoms with van der Waals surface area (Å²) in [6.45, 7) is 2.00. The fourth-order valence-corrected chi connectivity index (χ4v) is 3.82. The van der Waals surface area contributed by atoms with E-state index in [2.05, 4.69) is 10.1 Å². The maximum Gasteiger partial charge on any atom is 0.274 e. The Balaban J connectivity index is 1.74. The molecule has 22 heavy (non-hydrogen) atoms. The van der Waals surface area contributed by atoms with Gasteiger partial charge in [0, 0.05) is 22.5 Å². The Kier molecular flexibility index (Phi) is 2.96. The van der Waals surface area contributed by atoms with Crippen LogP contribution in [0.2, 0.25) is 0 Å². The second-order valence-electron chi connectivity index (χ2n) is 6.35. The minimum Gasteiger partial charge on any atom is -0.385 e. The molecule has 1 aromatic heterocycles. The quantitative estimate of drug-likeness (QED) is 0.849. The molecule has 2 heterocycles. The lowest BCUT2D eigenvalue weighted by atomic mass is 9.84. The van der Waals surface area contributed by atoms with E-state index in [1.165, 1.54) is 6.42 Å². The van der Waals surface area contributed by atoms with E-state index in [-0.39, 0.29) is 17.9 Å². The Morgan fingerprint density at radius 3 is 3.05 bits per heavy atom. The van der Waals surface area contributed by atoms with E-state index >= 15 is 0 Å². The average molecular weight is 296 g/mol. The predicted molar refractivity (Wildman–Crippen MR) is 86.6 cm³/mol. The van der Waals surface area contributed by atoms with Crippen LogP contribution in [0.25, 0.3) is 10.9 Å². The molecule has 1 fully saturated rings. The molecule has 0 saturated heterocycles. The molecule has 2 aromatic rings. The number of aromatic nitrogens is 1. The number of nitrogens with one attached hydrogen (secondary N) is 1. The van der Waals surface area contributed by atoms with Crippen LogP contribution < -0.4 is 5.73 Å². The molecule has 2 unspecified atom stereocenters. The van der Waals surface area contributed by atoms with Gasteiger partial charge in [-0.25, -0.2) is 5.01 Å². The number of hydrogen-bond acceptors (Lipinski definition) is 3. The van der Waals surface area contributed by atoms with Crippen molar-refractivity contribution in [3.05, 3.63) is 35.5 Å². The smallest absolute Gasteiger partial charge is 0.274 e. The summed E-state index contributed by atoms with van der Waals surface area (Å²) in [6.07, 6.45) is 4.34. The summed E-state index contributed by atoms with van der Waals surface area (Å²) in [5.74, 6) is 0.822.